The summed E-state index contributed by atoms with van der Waals surface area (Å²) in [5.74, 6) is -4.22. The molecular weight excluding hydrogens is 600 g/mol. The van der Waals surface area contributed by atoms with Crippen LogP contribution in [0.3, 0.4) is 0 Å². The van der Waals surface area contributed by atoms with E-state index in [1.54, 1.807) is 0 Å². The summed E-state index contributed by atoms with van der Waals surface area (Å²) in [6, 6.07) is 7.81. The van der Waals surface area contributed by atoms with Crippen LogP contribution in [0.4, 0.5) is 17.6 Å². The number of rotatable bonds is 2. The van der Waals surface area contributed by atoms with Gasteiger partial charge in [0.05, 0.1) is 71.8 Å². The molecule has 0 saturated heterocycles. The molecule has 0 aliphatic heterocycles. The topological polar surface area (TPSA) is 134 Å². The zero-order valence-corrected chi connectivity index (χ0v) is 22.9. The van der Waals surface area contributed by atoms with Gasteiger partial charge in [0.1, 0.15) is 0 Å². The van der Waals surface area contributed by atoms with Crippen molar-refractivity contribution >= 4 is 11.4 Å². The summed E-state index contributed by atoms with van der Waals surface area (Å²) in [5, 5.41) is 20.5. The highest BCUT2D eigenvalue weighted by atomic mass is 19.1. The van der Waals surface area contributed by atoms with Crippen molar-refractivity contribution in [3.05, 3.63) is 116 Å². The van der Waals surface area contributed by atoms with Crippen molar-refractivity contribution in [2.75, 3.05) is 0 Å². The molecule has 0 N–H and O–H groups in total. The second-order valence-electron chi connectivity index (χ2n) is 10.1. The van der Waals surface area contributed by atoms with Gasteiger partial charge in [0, 0.05) is 69.8 Å². The van der Waals surface area contributed by atoms with E-state index in [2.05, 4.69) is 39.6 Å². The maximum absolute atomic E-state index is 13.9. The van der Waals surface area contributed by atoms with E-state index in [1.807, 2.05) is 12.1 Å². The van der Waals surface area contributed by atoms with Gasteiger partial charge in [-0.05, 0) is 11.1 Å². The first kappa shape index (κ1) is 27.9. The molecule has 2 aliphatic carbocycles. The van der Waals surface area contributed by atoms with Crippen LogP contribution in [0.25, 0.3) is 66.1 Å². The lowest BCUT2D eigenvalue weighted by atomic mass is 9.92. The third-order valence-electron chi connectivity index (χ3n) is 7.58. The smallest absolute Gasteiger partial charge is 0.252 e. The predicted octanol–water partition coefficient (Wildman–Crippen LogP) is 4.19. The summed E-state index contributed by atoms with van der Waals surface area (Å²) in [6.07, 6.45) is 2.57. The Labute approximate surface area is 255 Å². The quantitative estimate of drug-likeness (QED) is 0.162. The average Bonchev–Trinajstić information content (AvgIpc) is 3.60. The van der Waals surface area contributed by atoms with E-state index in [0.717, 1.165) is 24.3 Å². The Hall–Kier alpha value is -6.90. The third-order valence-corrected chi connectivity index (χ3v) is 7.58. The van der Waals surface area contributed by atoms with Gasteiger partial charge in [-0.25, -0.2) is 30.2 Å². The molecule has 2 aliphatic rings. The summed E-state index contributed by atoms with van der Waals surface area (Å²) < 4.78 is 55.5. The minimum Gasteiger partial charge on any atom is -0.252 e. The Balaban J connectivity index is 1.55. The van der Waals surface area contributed by atoms with E-state index in [4.69, 9.17) is 13.1 Å². The number of pyridine rings is 2. The van der Waals surface area contributed by atoms with Crippen LogP contribution in [0.5, 0.6) is 0 Å². The number of nitrogens with zero attached hydrogens (tertiary/aromatic N) is 10. The van der Waals surface area contributed by atoms with Crippen molar-refractivity contribution in [2.24, 2.45) is 0 Å². The van der Waals surface area contributed by atoms with Gasteiger partial charge in [0.2, 0.25) is 23.8 Å². The fourth-order valence-electron chi connectivity index (χ4n) is 5.89. The van der Waals surface area contributed by atoms with Crippen molar-refractivity contribution < 1.29 is 17.6 Å². The largest absolute Gasteiger partial charge is 0.270 e. The minimum atomic E-state index is -1.06. The molecule has 0 fully saturated rings. The van der Waals surface area contributed by atoms with Gasteiger partial charge < -0.3 is 0 Å². The molecule has 216 valence electrons. The zero-order valence-electron chi connectivity index (χ0n) is 22.9. The molecule has 0 unspecified atom stereocenters. The summed E-state index contributed by atoms with van der Waals surface area (Å²) in [6.45, 7) is 15.6. The second-order valence-corrected chi connectivity index (χ2v) is 10.1. The highest BCUT2D eigenvalue weighted by molar-refractivity contribution is 5.91. The number of hydrogen-bond acceptors (Lipinski definition) is 8. The van der Waals surface area contributed by atoms with Gasteiger partial charge in [-0.3, -0.25) is 9.97 Å². The highest BCUT2D eigenvalue weighted by Crippen LogP contribution is 2.39. The molecule has 0 atom stereocenters. The van der Waals surface area contributed by atoms with Gasteiger partial charge in [-0.1, -0.05) is 0 Å². The van der Waals surface area contributed by atoms with Crippen molar-refractivity contribution in [1.29, 1.82) is 10.5 Å². The lowest BCUT2D eigenvalue weighted by Gasteiger charge is -2.12. The molecule has 0 bridgehead atoms. The molecule has 0 radical (unpaired) electrons. The first-order valence-electron chi connectivity index (χ1n) is 13.2. The maximum atomic E-state index is 13.9. The molecule has 4 heterocycles. The van der Waals surface area contributed by atoms with E-state index in [0.29, 0.717) is 22.5 Å². The van der Waals surface area contributed by atoms with E-state index < -0.39 is 23.8 Å². The molecule has 0 saturated carbocycles. The molecular formula is C32H10F4N10. The lowest BCUT2D eigenvalue weighted by molar-refractivity contribution is 0.512. The van der Waals surface area contributed by atoms with E-state index in [-0.39, 0.29) is 79.7 Å². The third kappa shape index (κ3) is 4.22. The van der Waals surface area contributed by atoms with E-state index in [9.17, 15) is 28.1 Å². The average molecular weight is 610 g/mol. The molecule has 5 aromatic rings. The Morgan fingerprint density at radius 1 is 0.630 bits per heavy atom. The fraction of sp³-hybridized carbons (Fsp3) is 0.0625. The van der Waals surface area contributed by atoms with Crippen molar-refractivity contribution in [1.82, 2.24) is 29.9 Å². The SMILES string of the molecule is [C-]#[N+]C(C#N)=c1c2c(c(=C(C#N)[N+]#[C-])c3c1Cc1nc(-c4cc(F)nc(F)c4)cnc1-3)-c1ncc(-c3cc(F)nc(F)c3)nc1C2. The Bertz CT molecular complexity index is 2330. The minimum absolute atomic E-state index is 0.00655. The van der Waals surface area contributed by atoms with Crippen LogP contribution in [0, 0.1) is 59.6 Å². The van der Waals surface area contributed by atoms with E-state index in [1.165, 1.54) is 12.4 Å². The second kappa shape index (κ2) is 10.4. The van der Waals surface area contributed by atoms with Crippen LogP contribution in [0.15, 0.2) is 36.7 Å². The summed E-state index contributed by atoms with van der Waals surface area (Å²) >= 11 is 0. The van der Waals surface area contributed by atoms with Gasteiger partial charge in [-0.15, -0.1) is 0 Å². The predicted molar refractivity (Wildman–Crippen MR) is 151 cm³/mol. The molecule has 0 amide bonds. The first-order valence-corrected chi connectivity index (χ1v) is 13.2. The Morgan fingerprint density at radius 2 is 1.02 bits per heavy atom. The lowest BCUT2D eigenvalue weighted by Crippen LogP contribution is -2.26. The summed E-state index contributed by atoms with van der Waals surface area (Å²) in [5.41, 5.74) is 2.31. The number of nitriles is 2. The van der Waals surface area contributed by atoms with Crippen LogP contribution in [-0.2, 0) is 12.8 Å². The van der Waals surface area contributed by atoms with Crippen molar-refractivity contribution in [3.8, 4) is 57.2 Å². The maximum Gasteiger partial charge on any atom is 0.270 e. The number of halogens is 4. The number of benzene rings is 1. The number of aromatic nitrogens is 6. The summed E-state index contributed by atoms with van der Waals surface area (Å²) in [4.78, 5) is 31.3. The molecule has 7 rings (SSSR count). The highest BCUT2D eigenvalue weighted by Gasteiger charge is 2.35. The monoisotopic (exact) mass is 610 g/mol. The van der Waals surface area contributed by atoms with Crippen molar-refractivity contribution in [3.63, 3.8) is 0 Å². The molecule has 0 spiro atoms. The van der Waals surface area contributed by atoms with Gasteiger partial charge >= 0.3 is 0 Å². The number of hydrogen-bond donors (Lipinski definition) is 0. The van der Waals surface area contributed by atoms with Crippen LogP contribution in [0.1, 0.15) is 22.5 Å². The molecule has 10 nitrogen and oxygen atoms in total. The molecule has 4 aromatic heterocycles. The van der Waals surface area contributed by atoms with Crippen LogP contribution < -0.4 is 10.4 Å². The van der Waals surface area contributed by atoms with Gasteiger partial charge in [-0.2, -0.15) is 27.5 Å². The molecule has 46 heavy (non-hydrogen) atoms. The Morgan fingerprint density at radius 3 is 1.39 bits per heavy atom. The van der Waals surface area contributed by atoms with Crippen LogP contribution >= 0.6 is 0 Å². The van der Waals surface area contributed by atoms with Gasteiger partial charge in [0.25, 0.3) is 11.4 Å². The molecule has 14 heteroatoms. The zero-order chi connectivity index (χ0) is 32.3. The molecule has 1 aromatic carbocycles. The standard InChI is InChI=1S/C32H10F4N10/c1-39-19(9-37)27-15-7-17-31(41-11-21(43-17)13-3-23(33)45-24(34)4-13)28(15)30(20(10-38)40-2)29-16(27)8-18-32(29)42-12-22(44-18)14-5-25(35)46-26(36)6-14/h3-6,11-12H,7-8H2. The van der Waals surface area contributed by atoms with Crippen LogP contribution in [-0.4, -0.2) is 29.9 Å². The van der Waals surface area contributed by atoms with E-state index >= 15 is 0 Å². The van der Waals surface area contributed by atoms with Crippen LogP contribution in [0.2, 0.25) is 0 Å². The first-order chi connectivity index (χ1) is 22.2. The Kier molecular flexibility index (Phi) is 6.29. The van der Waals surface area contributed by atoms with Gasteiger partial charge in [0.15, 0.2) is 0 Å². The summed E-state index contributed by atoms with van der Waals surface area (Å²) in [7, 11) is 0. The number of fused-ring (bicyclic) bond motifs is 6. The fourth-order valence-corrected chi connectivity index (χ4v) is 5.89. The van der Waals surface area contributed by atoms with Crippen molar-refractivity contribution in [2.45, 2.75) is 12.8 Å². The normalized spacial score (nSPS) is 11.7.